The minimum Gasteiger partial charge on any atom is -0.452 e. The SMILES string of the molecule is CCNC(=O)NC(=O)COC(=O)c1ccc(Cl)c(S(N)(=O)=O)c1. The van der Waals surface area contributed by atoms with E-state index in [1.165, 1.54) is 6.07 Å². The van der Waals surface area contributed by atoms with Crippen molar-refractivity contribution in [2.24, 2.45) is 5.14 Å². The monoisotopic (exact) mass is 363 g/mol. The molecule has 0 aliphatic carbocycles. The van der Waals surface area contributed by atoms with Gasteiger partial charge in [0.1, 0.15) is 4.90 Å². The summed E-state index contributed by atoms with van der Waals surface area (Å²) in [5.74, 6) is -1.82. The molecule has 0 aliphatic rings. The molecule has 0 radical (unpaired) electrons. The fraction of sp³-hybridized carbons (Fsp3) is 0.250. The average Bonchev–Trinajstić information content (AvgIpc) is 2.44. The van der Waals surface area contributed by atoms with Gasteiger partial charge in [0.2, 0.25) is 10.0 Å². The molecule has 9 nitrogen and oxygen atoms in total. The average molecular weight is 364 g/mol. The summed E-state index contributed by atoms with van der Waals surface area (Å²) in [6.45, 7) is 1.26. The number of hydrogen-bond acceptors (Lipinski definition) is 6. The minimum absolute atomic E-state index is 0.155. The van der Waals surface area contributed by atoms with Gasteiger partial charge in [-0.25, -0.2) is 23.1 Å². The molecule has 1 rings (SSSR count). The van der Waals surface area contributed by atoms with Crippen molar-refractivity contribution in [3.63, 3.8) is 0 Å². The fourth-order valence-corrected chi connectivity index (χ4v) is 2.50. The lowest BCUT2D eigenvalue weighted by molar-refractivity contribution is -0.123. The highest BCUT2D eigenvalue weighted by molar-refractivity contribution is 7.89. The molecule has 0 unspecified atom stereocenters. The van der Waals surface area contributed by atoms with Gasteiger partial charge in [-0.1, -0.05) is 11.6 Å². The Morgan fingerprint density at radius 1 is 1.30 bits per heavy atom. The standard InChI is InChI=1S/C12H14ClN3O6S/c1-2-15-12(19)16-10(17)6-22-11(18)7-3-4-8(13)9(5-7)23(14,20)21/h3-5H,2,6H2,1H3,(H2,14,20,21)(H2,15,16,17,19). The first-order valence-corrected chi connectivity index (χ1v) is 8.14. The predicted molar refractivity (Wildman–Crippen MR) is 80.3 cm³/mol. The van der Waals surface area contributed by atoms with Gasteiger partial charge in [0.05, 0.1) is 10.6 Å². The van der Waals surface area contributed by atoms with Crippen LogP contribution in [0.3, 0.4) is 0 Å². The molecular weight excluding hydrogens is 350 g/mol. The molecule has 1 aromatic carbocycles. The number of rotatable bonds is 5. The van der Waals surface area contributed by atoms with Gasteiger partial charge in [-0.2, -0.15) is 0 Å². The van der Waals surface area contributed by atoms with E-state index in [2.05, 4.69) is 10.1 Å². The second kappa shape index (κ2) is 7.90. The van der Waals surface area contributed by atoms with Crippen LogP contribution in [0.25, 0.3) is 0 Å². The lowest BCUT2D eigenvalue weighted by Gasteiger charge is -2.07. The largest absolute Gasteiger partial charge is 0.452 e. The second-order valence-electron chi connectivity index (χ2n) is 4.17. The number of nitrogens with one attached hydrogen (secondary N) is 2. The quantitative estimate of drug-likeness (QED) is 0.627. The summed E-state index contributed by atoms with van der Waals surface area (Å²) in [4.78, 5) is 33.8. The Morgan fingerprint density at radius 2 is 1.96 bits per heavy atom. The first-order chi connectivity index (χ1) is 10.6. The molecule has 0 fully saturated rings. The Morgan fingerprint density at radius 3 is 2.52 bits per heavy atom. The number of hydrogen-bond donors (Lipinski definition) is 3. The first kappa shape index (κ1) is 18.9. The molecule has 0 saturated carbocycles. The molecule has 0 bridgehead atoms. The molecule has 3 amide bonds. The topological polar surface area (TPSA) is 145 Å². The number of benzene rings is 1. The number of ether oxygens (including phenoxy) is 1. The van der Waals surface area contributed by atoms with E-state index in [0.29, 0.717) is 6.54 Å². The Kier molecular flexibility index (Phi) is 6.49. The molecule has 126 valence electrons. The summed E-state index contributed by atoms with van der Waals surface area (Å²) in [7, 11) is -4.11. The smallest absolute Gasteiger partial charge is 0.338 e. The van der Waals surface area contributed by atoms with E-state index in [0.717, 1.165) is 12.1 Å². The number of imide groups is 1. The number of carbonyl (C=O) groups excluding carboxylic acids is 3. The van der Waals surface area contributed by atoms with Gasteiger partial charge in [-0.3, -0.25) is 10.1 Å². The molecule has 1 aromatic rings. The summed E-state index contributed by atoms with van der Waals surface area (Å²) in [6, 6.07) is 2.58. The van der Waals surface area contributed by atoms with Gasteiger partial charge in [-0.15, -0.1) is 0 Å². The highest BCUT2D eigenvalue weighted by Gasteiger charge is 2.18. The number of primary sulfonamides is 1. The van der Waals surface area contributed by atoms with Gasteiger partial charge < -0.3 is 10.1 Å². The van der Waals surface area contributed by atoms with E-state index in [9.17, 15) is 22.8 Å². The van der Waals surface area contributed by atoms with Crippen molar-refractivity contribution >= 4 is 39.5 Å². The maximum atomic E-state index is 11.8. The van der Waals surface area contributed by atoms with Gasteiger partial charge in [-0.05, 0) is 25.1 Å². The third-order valence-corrected chi connectivity index (χ3v) is 3.79. The molecule has 23 heavy (non-hydrogen) atoms. The molecule has 4 N–H and O–H groups in total. The zero-order valence-corrected chi connectivity index (χ0v) is 13.5. The zero-order valence-electron chi connectivity index (χ0n) is 12.0. The maximum Gasteiger partial charge on any atom is 0.338 e. The van der Waals surface area contributed by atoms with E-state index in [4.69, 9.17) is 16.7 Å². The van der Waals surface area contributed by atoms with Crippen LogP contribution in [0.4, 0.5) is 4.79 Å². The molecule has 0 atom stereocenters. The number of halogens is 1. The van der Waals surface area contributed by atoms with Crippen molar-refractivity contribution in [1.82, 2.24) is 10.6 Å². The summed E-state index contributed by atoms with van der Waals surface area (Å²) in [5, 5.41) is 9.05. The van der Waals surface area contributed by atoms with Crippen LogP contribution in [-0.2, 0) is 19.6 Å². The van der Waals surface area contributed by atoms with E-state index < -0.39 is 39.4 Å². The Bertz CT molecular complexity index is 734. The van der Waals surface area contributed by atoms with Gasteiger partial charge in [0.25, 0.3) is 5.91 Å². The summed E-state index contributed by atoms with van der Waals surface area (Å²) >= 11 is 5.68. The van der Waals surface area contributed by atoms with E-state index in [-0.39, 0.29) is 10.6 Å². The fourth-order valence-electron chi connectivity index (χ4n) is 1.43. The van der Waals surface area contributed by atoms with Crippen LogP contribution in [0.2, 0.25) is 5.02 Å². The highest BCUT2D eigenvalue weighted by atomic mass is 35.5. The number of sulfonamides is 1. The van der Waals surface area contributed by atoms with Crippen molar-refractivity contribution < 1.29 is 27.5 Å². The van der Waals surface area contributed by atoms with Crippen molar-refractivity contribution in [3.8, 4) is 0 Å². The van der Waals surface area contributed by atoms with Crippen molar-refractivity contribution in [1.29, 1.82) is 0 Å². The number of nitrogens with two attached hydrogens (primary N) is 1. The summed E-state index contributed by atoms with van der Waals surface area (Å²) in [6.07, 6.45) is 0. The van der Waals surface area contributed by atoms with Crippen LogP contribution < -0.4 is 15.8 Å². The highest BCUT2D eigenvalue weighted by Crippen LogP contribution is 2.21. The van der Waals surface area contributed by atoms with Crippen LogP contribution in [0.5, 0.6) is 0 Å². The van der Waals surface area contributed by atoms with Crippen LogP contribution in [0.1, 0.15) is 17.3 Å². The molecule has 0 saturated heterocycles. The van der Waals surface area contributed by atoms with Crippen LogP contribution in [-0.4, -0.2) is 39.5 Å². The van der Waals surface area contributed by atoms with Gasteiger partial charge >= 0.3 is 12.0 Å². The third kappa shape index (κ3) is 5.85. The zero-order chi connectivity index (χ0) is 17.6. The van der Waals surface area contributed by atoms with Gasteiger partial charge in [0.15, 0.2) is 6.61 Å². The number of esters is 1. The van der Waals surface area contributed by atoms with Crippen molar-refractivity contribution in [2.45, 2.75) is 11.8 Å². The molecule has 0 spiro atoms. The Balaban J connectivity index is 2.73. The van der Waals surface area contributed by atoms with Crippen molar-refractivity contribution in [3.05, 3.63) is 28.8 Å². The maximum absolute atomic E-state index is 11.8. The van der Waals surface area contributed by atoms with Crippen LogP contribution >= 0.6 is 11.6 Å². The normalized spacial score (nSPS) is 10.7. The minimum atomic E-state index is -4.11. The lowest BCUT2D eigenvalue weighted by atomic mass is 10.2. The second-order valence-corrected chi connectivity index (χ2v) is 6.11. The number of carbonyl (C=O) groups is 3. The molecule has 0 aromatic heterocycles. The van der Waals surface area contributed by atoms with Gasteiger partial charge in [0, 0.05) is 6.54 Å². The van der Waals surface area contributed by atoms with E-state index >= 15 is 0 Å². The van der Waals surface area contributed by atoms with Crippen molar-refractivity contribution in [2.75, 3.05) is 13.2 Å². The van der Waals surface area contributed by atoms with Crippen LogP contribution in [0.15, 0.2) is 23.1 Å². The Labute approximate surface area is 137 Å². The molecular formula is C12H14ClN3O6S. The summed E-state index contributed by atoms with van der Waals surface area (Å²) in [5.41, 5.74) is -0.163. The van der Waals surface area contributed by atoms with E-state index in [1.807, 2.05) is 5.32 Å². The first-order valence-electron chi connectivity index (χ1n) is 6.22. The third-order valence-electron chi connectivity index (χ3n) is 2.40. The molecule has 0 heterocycles. The summed E-state index contributed by atoms with van der Waals surface area (Å²) < 4.78 is 27.3. The Hall–Kier alpha value is -2.17. The number of urea groups is 1. The molecule has 11 heteroatoms. The lowest BCUT2D eigenvalue weighted by Crippen LogP contribution is -2.41. The molecule has 0 aliphatic heterocycles. The predicted octanol–water partition coefficient (Wildman–Crippen LogP) is -0.0101. The van der Waals surface area contributed by atoms with Crippen LogP contribution in [0, 0.1) is 0 Å². The van der Waals surface area contributed by atoms with E-state index in [1.54, 1.807) is 6.92 Å². The number of amides is 3.